The van der Waals surface area contributed by atoms with Crippen LogP contribution in [0.15, 0.2) is 24.3 Å². The second-order valence-corrected chi connectivity index (χ2v) is 6.46. The second kappa shape index (κ2) is 10.1. The van der Waals surface area contributed by atoms with Gasteiger partial charge in [-0.1, -0.05) is 18.5 Å². The standard InChI is InChI=1S/C15H19ClN2O4S/c1-2-23-8-7-12(15(21)22)18-13(19)9-17-14(20)10-3-5-11(16)6-4-10/h3-6,12H,2,7-9H2,1H3,(H,17,20)(H,18,19)(H,21,22). The Kier molecular flexibility index (Phi) is 8.50. The van der Waals surface area contributed by atoms with Crippen LogP contribution >= 0.6 is 23.4 Å². The van der Waals surface area contributed by atoms with Crippen LogP contribution in [0.25, 0.3) is 0 Å². The normalized spacial score (nSPS) is 11.6. The number of benzene rings is 1. The number of carbonyl (C=O) groups excluding carboxylic acids is 2. The minimum atomic E-state index is -1.08. The topological polar surface area (TPSA) is 95.5 Å². The summed E-state index contributed by atoms with van der Waals surface area (Å²) in [5, 5.41) is 14.4. The maximum Gasteiger partial charge on any atom is 0.326 e. The SMILES string of the molecule is CCSCCC(NC(=O)CNC(=O)c1ccc(Cl)cc1)C(=O)O. The Morgan fingerprint density at radius 2 is 1.91 bits per heavy atom. The van der Waals surface area contributed by atoms with Gasteiger partial charge in [0.05, 0.1) is 6.54 Å². The number of carboxylic acid groups (broad SMARTS) is 1. The van der Waals surface area contributed by atoms with Crippen LogP contribution in [0.2, 0.25) is 5.02 Å². The van der Waals surface area contributed by atoms with Crippen molar-refractivity contribution in [3.8, 4) is 0 Å². The van der Waals surface area contributed by atoms with Crippen molar-refractivity contribution in [2.45, 2.75) is 19.4 Å². The number of halogens is 1. The molecule has 1 aromatic rings. The number of rotatable bonds is 9. The van der Waals surface area contributed by atoms with E-state index in [0.29, 0.717) is 22.8 Å². The van der Waals surface area contributed by atoms with Crippen LogP contribution in [0.1, 0.15) is 23.7 Å². The smallest absolute Gasteiger partial charge is 0.326 e. The molecule has 23 heavy (non-hydrogen) atoms. The van der Waals surface area contributed by atoms with E-state index in [2.05, 4.69) is 10.6 Å². The Balaban J connectivity index is 2.43. The fourth-order valence-electron chi connectivity index (χ4n) is 1.71. The van der Waals surface area contributed by atoms with Crippen molar-refractivity contribution in [3.63, 3.8) is 0 Å². The van der Waals surface area contributed by atoms with Crippen molar-refractivity contribution in [1.82, 2.24) is 10.6 Å². The molecule has 0 aliphatic rings. The zero-order valence-electron chi connectivity index (χ0n) is 12.7. The van der Waals surface area contributed by atoms with E-state index in [1.165, 1.54) is 12.1 Å². The van der Waals surface area contributed by atoms with E-state index in [1.807, 2.05) is 6.92 Å². The maximum absolute atomic E-state index is 11.8. The highest BCUT2D eigenvalue weighted by molar-refractivity contribution is 7.99. The zero-order chi connectivity index (χ0) is 17.2. The molecule has 1 aromatic carbocycles. The molecule has 8 heteroatoms. The van der Waals surface area contributed by atoms with Gasteiger partial charge in [-0.2, -0.15) is 11.8 Å². The molecule has 0 radical (unpaired) electrons. The first kappa shape index (κ1) is 19.3. The van der Waals surface area contributed by atoms with Crippen molar-refractivity contribution < 1.29 is 19.5 Å². The predicted molar refractivity (Wildman–Crippen MR) is 91.0 cm³/mol. The van der Waals surface area contributed by atoms with E-state index in [4.69, 9.17) is 16.7 Å². The summed E-state index contributed by atoms with van der Waals surface area (Å²) in [7, 11) is 0. The highest BCUT2D eigenvalue weighted by Gasteiger charge is 2.19. The van der Waals surface area contributed by atoms with Crippen LogP contribution < -0.4 is 10.6 Å². The molecular formula is C15H19ClN2O4S. The van der Waals surface area contributed by atoms with Gasteiger partial charge in [0.25, 0.3) is 5.91 Å². The molecule has 0 bridgehead atoms. The van der Waals surface area contributed by atoms with Gasteiger partial charge in [0.15, 0.2) is 0 Å². The van der Waals surface area contributed by atoms with Crippen LogP contribution in [0, 0.1) is 0 Å². The second-order valence-electron chi connectivity index (χ2n) is 4.63. The number of carboxylic acids is 1. The summed E-state index contributed by atoms with van der Waals surface area (Å²) in [6.07, 6.45) is 0.338. The summed E-state index contributed by atoms with van der Waals surface area (Å²) < 4.78 is 0. The summed E-state index contributed by atoms with van der Waals surface area (Å²) in [6.45, 7) is 1.69. The molecule has 1 unspecified atom stereocenters. The molecular weight excluding hydrogens is 340 g/mol. The molecule has 0 saturated heterocycles. The van der Waals surface area contributed by atoms with Crippen LogP contribution in [0.3, 0.4) is 0 Å². The minimum absolute atomic E-state index is 0.286. The fourth-order valence-corrected chi connectivity index (χ4v) is 2.53. The molecule has 0 spiro atoms. The van der Waals surface area contributed by atoms with E-state index in [-0.39, 0.29) is 6.54 Å². The number of carbonyl (C=O) groups is 3. The molecule has 0 aliphatic heterocycles. The summed E-state index contributed by atoms with van der Waals surface area (Å²) in [6, 6.07) is 5.27. The third-order valence-corrected chi connectivity index (χ3v) is 4.09. The monoisotopic (exact) mass is 358 g/mol. The molecule has 2 amide bonds. The highest BCUT2D eigenvalue weighted by Crippen LogP contribution is 2.09. The molecule has 1 atom stereocenters. The van der Waals surface area contributed by atoms with Gasteiger partial charge in [0.1, 0.15) is 6.04 Å². The van der Waals surface area contributed by atoms with E-state index < -0.39 is 23.8 Å². The first-order valence-electron chi connectivity index (χ1n) is 7.07. The average Bonchev–Trinajstić information content (AvgIpc) is 2.52. The molecule has 0 aromatic heterocycles. The lowest BCUT2D eigenvalue weighted by atomic mass is 10.2. The number of hydrogen-bond donors (Lipinski definition) is 3. The van der Waals surface area contributed by atoms with Gasteiger partial charge in [0.2, 0.25) is 5.91 Å². The van der Waals surface area contributed by atoms with E-state index in [1.54, 1.807) is 23.9 Å². The van der Waals surface area contributed by atoms with E-state index in [9.17, 15) is 14.4 Å². The molecule has 126 valence electrons. The summed E-state index contributed by atoms with van der Waals surface area (Å²) in [5.41, 5.74) is 0.372. The largest absolute Gasteiger partial charge is 0.480 e. The van der Waals surface area contributed by atoms with Crippen molar-refractivity contribution >= 4 is 41.1 Å². The van der Waals surface area contributed by atoms with Crippen LogP contribution in [0.4, 0.5) is 0 Å². The maximum atomic E-state index is 11.8. The number of thioether (sulfide) groups is 1. The van der Waals surface area contributed by atoms with Crippen LogP contribution in [-0.2, 0) is 9.59 Å². The van der Waals surface area contributed by atoms with Gasteiger partial charge in [0, 0.05) is 10.6 Å². The van der Waals surface area contributed by atoms with Crippen molar-refractivity contribution in [2.75, 3.05) is 18.1 Å². The third-order valence-electron chi connectivity index (χ3n) is 2.90. The number of amides is 2. The zero-order valence-corrected chi connectivity index (χ0v) is 14.2. The lowest BCUT2D eigenvalue weighted by molar-refractivity contribution is -0.141. The predicted octanol–water partition coefficient (Wildman–Crippen LogP) is 1.78. The van der Waals surface area contributed by atoms with Gasteiger partial charge in [-0.15, -0.1) is 0 Å². The Bertz CT molecular complexity index is 551. The Labute approximate surface area is 144 Å². The summed E-state index contributed by atoms with van der Waals surface area (Å²) in [5.74, 6) is -0.520. The van der Waals surface area contributed by atoms with Crippen LogP contribution in [0.5, 0.6) is 0 Å². The Hall–Kier alpha value is -1.73. The molecule has 0 fully saturated rings. The number of hydrogen-bond acceptors (Lipinski definition) is 4. The van der Waals surface area contributed by atoms with Gasteiger partial charge in [-0.25, -0.2) is 4.79 Å². The number of aliphatic carboxylic acids is 1. The van der Waals surface area contributed by atoms with Gasteiger partial charge in [-0.05, 0) is 42.2 Å². The van der Waals surface area contributed by atoms with Crippen molar-refractivity contribution in [3.05, 3.63) is 34.9 Å². The molecule has 0 aliphatic carbocycles. The van der Waals surface area contributed by atoms with Gasteiger partial charge >= 0.3 is 5.97 Å². The first-order chi connectivity index (χ1) is 10.9. The lowest BCUT2D eigenvalue weighted by Gasteiger charge is -2.14. The fraction of sp³-hybridized carbons (Fsp3) is 0.400. The molecule has 0 heterocycles. The van der Waals surface area contributed by atoms with E-state index >= 15 is 0 Å². The minimum Gasteiger partial charge on any atom is -0.480 e. The van der Waals surface area contributed by atoms with Crippen molar-refractivity contribution in [2.24, 2.45) is 0 Å². The average molecular weight is 359 g/mol. The molecule has 0 saturated carbocycles. The highest BCUT2D eigenvalue weighted by atomic mass is 35.5. The van der Waals surface area contributed by atoms with E-state index in [0.717, 1.165) is 5.75 Å². The molecule has 1 rings (SSSR count). The Morgan fingerprint density at radius 1 is 1.26 bits per heavy atom. The molecule has 6 nitrogen and oxygen atoms in total. The van der Waals surface area contributed by atoms with Gasteiger partial charge in [-0.3, -0.25) is 9.59 Å². The Morgan fingerprint density at radius 3 is 2.48 bits per heavy atom. The summed E-state index contributed by atoms with van der Waals surface area (Å²) >= 11 is 7.33. The first-order valence-corrected chi connectivity index (χ1v) is 8.61. The lowest BCUT2D eigenvalue weighted by Crippen LogP contribution is -2.45. The number of nitrogens with one attached hydrogen (secondary N) is 2. The summed E-state index contributed by atoms with van der Waals surface area (Å²) in [4.78, 5) is 34.7. The van der Waals surface area contributed by atoms with Crippen molar-refractivity contribution in [1.29, 1.82) is 0 Å². The van der Waals surface area contributed by atoms with Gasteiger partial charge < -0.3 is 15.7 Å². The third kappa shape index (κ3) is 7.38. The molecule has 3 N–H and O–H groups in total. The quantitative estimate of drug-likeness (QED) is 0.585. The van der Waals surface area contributed by atoms with Crippen LogP contribution in [-0.4, -0.2) is 47.0 Å².